The van der Waals surface area contributed by atoms with Crippen LogP contribution in [0, 0.1) is 5.82 Å². The standard InChI is InChI=1S/C14H12Cl2FN/c15-8-10-3-1-5-12(7-10)18-9-11-4-2-6-13(16)14(11)17/h1-7,18H,8-9H2. The second-order valence-corrected chi connectivity index (χ2v) is 4.57. The van der Waals surface area contributed by atoms with E-state index in [1.807, 2.05) is 24.3 Å². The van der Waals surface area contributed by atoms with Crippen molar-refractivity contribution in [2.45, 2.75) is 12.4 Å². The Kier molecular flexibility index (Phi) is 4.45. The molecule has 0 unspecified atom stereocenters. The summed E-state index contributed by atoms with van der Waals surface area (Å²) in [6.07, 6.45) is 0. The first kappa shape index (κ1) is 13.2. The maximum Gasteiger partial charge on any atom is 0.146 e. The number of hydrogen-bond donors (Lipinski definition) is 1. The Balaban J connectivity index is 2.09. The fourth-order valence-corrected chi connectivity index (χ4v) is 2.01. The zero-order valence-electron chi connectivity index (χ0n) is 9.59. The molecule has 1 nitrogen and oxygen atoms in total. The van der Waals surface area contributed by atoms with Crippen LogP contribution in [0.4, 0.5) is 10.1 Å². The lowest BCUT2D eigenvalue weighted by atomic mass is 10.2. The predicted molar refractivity (Wildman–Crippen MR) is 74.7 cm³/mol. The van der Waals surface area contributed by atoms with Crippen LogP contribution in [0.25, 0.3) is 0 Å². The van der Waals surface area contributed by atoms with Gasteiger partial charge in [-0.2, -0.15) is 0 Å². The van der Waals surface area contributed by atoms with Crippen LogP contribution in [0.3, 0.4) is 0 Å². The molecule has 0 aliphatic heterocycles. The summed E-state index contributed by atoms with van der Waals surface area (Å²) >= 11 is 11.5. The van der Waals surface area contributed by atoms with Crippen molar-refractivity contribution < 1.29 is 4.39 Å². The molecule has 0 fully saturated rings. The van der Waals surface area contributed by atoms with Crippen molar-refractivity contribution in [1.82, 2.24) is 0 Å². The average molecular weight is 284 g/mol. The fourth-order valence-electron chi connectivity index (χ4n) is 1.65. The smallest absolute Gasteiger partial charge is 0.146 e. The molecule has 0 heterocycles. The van der Waals surface area contributed by atoms with E-state index in [2.05, 4.69) is 5.32 Å². The topological polar surface area (TPSA) is 12.0 Å². The number of benzene rings is 2. The van der Waals surface area contributed by atoms with E-state index in [4.69, 9.17) is 23.2 Å². The van der Waals surface area contributed by atoms with Gasteiger partial charge >= 0.3 is 0 Å². The fraction of sp³-hybridized carbons (Fsp3) is 0.143. The summed E-state index contributed by atoms with van der Waals surface area (Å²) in [6.45, 7) is 0.387. The lowest BCUT2D eigenvalue weighted by molar-refractivity contribution is 0.613. The van der Waals surface area contributed by atoms with Crippen LogP contribution in [0.5, 0.6) is 0 Å². The van der Waals surface area contributed by atoms with E-state index in [1.165, 1.54) is 6.07 Å². The number of halogens is 3. The lowest BCUT2D eigenvalue weighted by Gasteiger charge is -2.09. The first-order valence-electron chi connectivity index (χ1n) is 5.52. The molecule has 2 rings (SSSR count). The van der Waals surface area contributed by atoms with Gasteiger partial charge in [0.25, 0.3) is 0 Å². The van der Waals surface area contributed by atoms with Gasteiger partial charge < -0.3 is 5.32 Å². The maximum absolute atomic E-state index is 13.7. The van der Waals surface area contributed by atoms with Crippen LogP contribution in [-0.2, 0) is 12.4 Å². The predicted octanol–water partition coefficient (Wildman–Crippen LogP) is 4.83. The molecule has 0 aliphatic rings. The molecular formula is C14H12Cl2FN. The highest BCUT2D eigenvalue weighted by atomic mass is 35.5. The molecule has 94 valence electrons. The van der Waals surface area contributed by atoms with E-state index in [-0.39, 0.29) is 10.8 Å². The second-order valence-electron chi connectivity index (χ2n) is 3.90. The van der Waals surface area contributed by atoms with E-state index < -0.39 is 0 Å². The molecule has 2 aromatic rings. The molecule has 0 spiro atoms. The summed E-state index contributed by atoms with van der Waals surface area (Å²) in [5.74, 6) is 0.0845. The van der Waals surface area contributed by atoms with Gasteiger partial charge in [0.2, 0.25) is 0 Å². The normalized spacial score (nSPS) is 10.4. The molecule has 18 heavy (non-hydrogen) atoms. The lowest BCUT2D eigenvalue weighted by Crippen LogP contribution is -2.02. The Morgan fingerprint density at radius 3 is 2.67 bits per heavy atom. The zero-order chi connectivity index (χ0) is 13.0. The van der Waals surface area contributed by atoms with Crippen LogP contribution in [-0.4, -0.2) is 0 Å². The Labute approximate surface area is 116 Å². The highest BCUT2D eigenvalue weighted by molar-refractivity contribution is 6.30. The van der Waals surface area contributed by atoms with Crippen molar-refractivity contribution in [3.8, 4) is 0 Å². The third-order valence-corrected chi connectivity index (χ3v) is 3.20. The molecule has 0 saturated heterocycles. The summed E-state index contributed by atoms with van der Waals surface area (Å²) in [4.78, 5) is 0. The molecule has 4 heteroatoms. The molecule has 1 N–H and O–H groups in total. The van der Waals surface area contributed by atoms with Crippen LogP contribution in [0.1, 0.15) is 11.1 Å². The van der Waals surface area contributed by atoms with Gasteiger partial charge in [-0.3, -0.25) is 0 Å². The van der Waals surface area contributed by atoms with Gasteiger partial charge in [0.15, 0.2) is 0 Å². The summed E-state index contributed by atoms with van der Waals surface area (Å²) in [7, 11) is 0. The van der Waals surface area contributed by atoms with Gasteiger partial charge in [0.1, 0.15) is 5.82 Å². The minimum Gasteiger partial charge on any atom is -0.381 e. The van der Waals surface area contributed by atoms with Gasteiger partial charge in [-0.1, -0.05) is 35.9 Å². The Bertz CT molecular complexity index is 543. The number of rotatable bonds is 4. The molecular weight excluding hydrogens is 272 g/mol. The van der Waals surface area contributed by atoms with E-state index in [0.717, 1.165) is 11.3 Å². The largest absolute Gasteiger partial charge is 0.381 e. The van der Waals surface area contributed by atoms with Crippen LogP contribution in [0.15, 0.2) is 42.5 Å². The molecule has 0 amide bonds. The summed E-state index contributed by atoms with van der Waals surface area (Å²) < 4.78 is 13.7. The first-order chi connectivity index (χ1) is 8.70. The molecule has 0 saturated carbocycles. The van der Waals surface area contributed by atoms with Crippen molar-refractivity contribution in [2.24, 2.45) is 0 Å². The monoisotopic (exact) mass is 283 g/mol. The van der Waals surface area contributed by atoms with Crippen LogP contribution < -0.4 is 5.32 Å². The minimum absolute atomic E-state index is 0.142. The summed E-state index contributed by atoms with van der Waals surface area (Å²) in [6, 6.07) is 12.7. The third kappa shape index (κ3) is 3.15. The highest BCUT2D eigenvalue weighted by Gasteiger charge is 2.05. The van der Waals surface area contributed by atoms with Gasteiger partial charge in [0, 0.05) is 23.7 Å². The molecule has 0 aliphatic carbocycles. The molecule has 0 aromatic heterocycles. The van der Waals surface area contributed by atoms with E-state index in [9.17, 15) is 4.39 Å². The SMILES string of the molecule is Fc1c(Cl)cccc1CNc1cccc(CCl)c1. The van der Waals surface area contributed by atoms with Crippen molar-refractivity contribution in [1.29, 1.82) is 0 Å². The van der Waals surface area contributed by atoms with Crippen molar-refractivity contribution in [3.05, 3.63) is 64.4 Å². The zero-order valence-corrected chi connectivity index (χ0v) is 11.1. The van der Waals surface area contributed by atoms with Crippen LogP contribution in [0.2, 0.25) is 5.02 Å². The van der Waals surface area contributed by atoms with E-state index in [1.54, 1.807) is 12.1 Å². The quantitative estimate of drug-likeness (QED) is 0.793. The molecule has 0 atom stereocenters. The minimum atomic E-state index is -0.375. The van der Waals surface area contributed by atoms with Gasteiger partial charge in [-0.25, -0.2) is 4.39 Å². The van der Waals surface area contributed by atoms with E-state index in [0.29, 0.717) is 18.0 Å². The van der Waals surface area contributed by atoms with E-state index >= 15 is 0 Å². The number of nitrogens with one attached hydrogen (secondary N) is 1. The first-order valence-corrected chi connectivity index (χ1v) is 6.43. The molecule has 2 aromatic carbocycles. The van der Waals surface area contributed by atoms with Gasteiger partial charge in [0.05, 0.1) is 5.02 Å². The molecule has 0 radical (unpaired) electrons. The second kappa shape index (κ2) is 6.07. The Hall–Kier alpha value is -1.25. The van der Waals surface area contributed by atoms with Crippen molar-refractivity contribution in [2.75, 3.05) is 5.32 Å². The van der Waals surface area contributed by atoms with Crippen molar-refractivity contribution >= 4 is 28.9 Å². The highest BCUT2D eigenvalue weighted by Crippen LogP contribution is 2.19. The van der Waals surface area contributed by atoms with Crippen molar-refractivity contribution in [3.63, 3.8) is 0 Å². The van der Waals surface area contributed by atoms with Gasteiger partial charge in [-0.15, -0.1) is 11.6 Å². The number of alkyl halides is 1. The molecule has 0 bridgehead atoms. The number of anilines is 1. The number of hydrogen-bond acceptors (Lipinski definition) is 1. The van der Waals surface area contributed by atoms with Gasteiger partial charge in [-0.05, 0) is 23.8 Å². The Morgan fingerprint density at radius 2 is 1.89 bits per heavy atom. The average Bonchev–Trinajstić information content (AvgIpc) is 2.41. The maximum atomic E-state index is 13.7. The van der Waals surface area contributed by atoms with Crippen LogP contribution >= 0.6 is 23.2 Å². The summed E-state index contributed by atoms with van der Waals surface area (Å²) in [5, 5.41) is 3.29. The Morgan fingerprint density at radius 1 is 1.11 bits per heavy atom. The summed E-state index contributed by atoms with van der Waals surface area (Å²) in [5.41, 5.74) is 2.47. The third-order valence-electron chi connectivity index (χ3n) is 2.60.